The first-order chi connectivity index (χ1) is 7.48. The van der Waals surface area contributed by atoms with Crippen molar-refractivity contribution in [1.82, 2.24) is 19.7 Å². The molecular formula is C8H4BrF3N4. The highest BCUT2D eigenvalue weighted by Crippen LogP contribution is 2.33. The van der Waals surface area contributed by atoms with Crippen molar-refractivity contribution in [2.75, 3.05) is 0 Å². The SMILES string of the molecule is FC(F)(F)c1cc(Br)cnc1-n1cncn1. The van der Waals surface area contributed by atoms with E-state index in [1.54, 1.807) is 0 Å². The van der Waals surface area contributed by atoms with Crippen molar-refractivity contribution in [3.05, 3.63) is 35.0 Å². The second-order valence-electron chi connectivity index (χ2n) is 2.86. The van der Waals surface area contributed by atoms with Crippen molar-refractivity contribution in [3.63, 3.8) is 0 Å². The summed E-state index contributed by atoms with van der Waals surface area (Å²) in [5, 5.41) is 3.62. The Morgan fingerprint density at radius 3 is 2.62 bits per heavy atom. The van der Waals surface area contributed by atoms with E-state index in [4.69, 9.17) is 0 Å². The van der Waals surface area contributed by atoms with Gasteiger partial charge in [-0.15, -0.1) is 0 Å². The molecule has 0 atom stereocenters. The molecule has 0 N–H and O–H groups in total. The Kier molecular flexibility index (Phi) is 2.66. The molecule has 2 rings (SSSR count). The van der Waals surface area contributed by atoms with Crippen LogP contribution in [-0.2, 0) is 6.18 Å². The minimum Gasteiger partial charge on any atom is -0.235 e. The molecular weight excluding hydrogens is 289 g/mol. The van der Waals surface area contributed by atoms with Gasteiger partial charge in [0.15, 0.2) is 5.82 Å². The van der Waals surface area contributed by atoms with Crippen LogP contribution in [0, 0.1) is 0 Å². The zero-order chi connectivity index (χ0) is 11.8. The van der Waals surface area contributed by atoms with Gasteiger partial charge < -0.3 is 0 Å². The lowest BCUT2D eigenvalue weighted by Gasteiger charge is -2.11. The van der Waals surface area contributed by atoms with Crippen LogP contribution in [0.1, 0.15) is 5.56 Å². The topological polar surface area (TPSA) is 43.6 Å². The molecule has 0 saturated carbocycles. The molecule has 8 heteroatoms. The number of hydrogen-bond acceptors (Lipinski definition) is 3. The fourth-order valence-corrected chi connectivity index (χ4v) is 1.47. The lowest BCUT2D eigenvalue weighted by Crippen LogP contribution is -2.12. The van der Waals surface area contributed by atoms with E-state index in [2.05, 4.69) is 31.0 Å². The van der Waals surface area contributed by atoms with Crippen LogP contribution < -0.4 is 0 Å². The number of pyridine rings is 1. The lowest BCUT2D eigenvalue weighted by atomic mass is 10.2. The van der Waals surface area contributed by atoms with E-state index < -0.39 is 11.7 Å². The molecule has 16 heavy (non-hydrogen) atoms. The molecule has 0 unspecified atom stereocenters. The van der Waals surface area contributed by atoms with Crippen LogP contribution in [0.3, 0.4) is 0 Å². The molecule has 84 valence electrons. The van der Waals surface area contributed by atoms with Gasteiger partial charge in [0.05, 0.1) is 0 Å². The molecule has 2 heterocycles. The van der Waals surface area contributed by atoms with Crippen LogP contribution in [0.2, 0.25) is 0 Å². The van der Waals surface area contributed by atoms with Gasteiger partial charge in [-0.3, -0.25) is 0 Å². The summed E-state index contributed by atoms with van der Waals surface area (Å²) in [5.41, 5.74) is -0.868. The lowest BCUT2D eigenvalue weighted by molar-refractivity contribution is -0.137. The normalized spacial score (nSPS) is 11.8. The van der Waals surface area contributed by atoms with Crippen molar-refractivity contribution in [2.24, 2.45) is 0 Å². The summed E-state index contributed by atoms with van der Waals surface area (Å²) >= 11 is 2.94. The molecule has 0 aliphatic heterocycles. The Morgan fingerprint density at radius 2 is 2.06 bits per heavy atom. The van der Waals surface area contributed by atoms with Gasteiger partial charge >= 0.3 is 6.18 Å². The minimum atomic E-state index is -4.49. The maximum absolute atomic E-state index is 12.7. The summed E-state index contributed by atoms with van der Waals surface area (Å²) in [6.45, 7) is 0. The third kappa shape index (κ3) is 2.06. The zero-order valence-corrected chi connectivity index (χ0v) is 9.20. The first kappa shape index (κ1) is 11.1. The molecule has 0 aliphatic rings. The van der Waals surface area contributed by atoms with Crippen LogP contribution >= 0.6 is 15.9 Å². The third-order valence-corrected chi connectivity index (χ3v) is 2.21. The monoisotopic (exact) mass is 292 g/mol. The van der Waals surface area contributed by atoms with Gasteiger partial charge in [0.1, 0.15) is 18.2 Å². The van der Waals surface area contributed by atoms with Crippen molar-refractivity contribution < 1.29 is 13.2 Å². The standard InChI is InChI=1S/C8H4BrF3N4/c9-5-1-6(8(10,11)12)7(14-2-5)16-4-13-3-15-16/h1-4H. The highest BCUT2D eigenvalue weighted by atomic mass is 79.9. The van der Waals surface area contributed by atoms with Gasteiger partial charge in [-0.1, -0.05) is 0 Å². The van der Waals surface area contributed by atoms with Crippen LogP contribution in [0.25, 0.3) is 5.82 Å². The van der Waals surface area contributed by atoms with Crippen LogP contribution in [0.15, 0.2) is 29.4 Å². The van der Waals surface area contributed by atoms with E-state index >= 15 is 0 Å². The molecule has 0 amide bonds. The molecule has 0 spiro atoms. The summed E-state index contributed by atoms with van der Waals surface area (Å²) in [6.07, 6.45) is -0.917. The Balaban J connectivity index is 2.62. The number of halogens is 4. The van der Waals surface area contributed by atoms with Gasteiger partial charge in [0.2, 0.25) is 0 Å². The number of hydrogen-bond donors (Lipinski definition) is 0. The Hall–Kier alpha value is -1.44. The molecule has 0 bridgehead atoms. The Labute approximate surface area is 96.3 Å². The van der Waals surface area contributed by atoms with Crippen LogP contribution in [0.4, 0.5) is 13.2 Å². The van der Waals surface area contributed by atoms with Crippen molar-refractivity contribution in [1.29, 1.82) is 0 Å². The smallest absolute Gasteiger partial charge is 0.235 e. The summed E-state index contributed by atoms with van der Waals surface area (Å²) < 4.78 is 39.3. The van der Waals surface area contributed by atoms with Gasteiger partial charge in [-0.2, -0.15) is 18.3 Å². The molecule has 0 saturated heterocycles. The molecule has 2 aromatic heterocycles. The first-order valence-corrected chi connectivity index (χ1v) is 4.85. The quantitative estimate of drug-likeness (QED) is 0.811. The molecule has 0 aromatic carbocycles. The second kappa shape index (κ2) is 3.85. The van der Waals surface area contributed by atoms with E-state index in [9.17, 15) is 13.2 Å². The van der Waals surface area contributed by atoms with Crippen LogP contribution in [-0.4, -0.2) is 19.7 Å². The Bertz CT molecular complexity index is 494. The number of aromatic nitrogens is 4. The van der Waals surface area contributed by atoms with E-state index in [0.29, 0.717) is 0 Å². The van der Waals surface area contributed by atoms with Gasteiger partial charge in [-0.05, 0) is 22.0 Å². The number of nitrogens with zero attached hydrogens (tertiary/aromatic N) is 4. The predicted molar refractivity (Wildman–Crippen MR) is 51.9 cm³/mol. The largest absolute Gasteiger partial charge is 0.420 e. The average molecular weight is 293 g/mol. The number of alkyl halides is 3. The summed E-state index contributed by atoms with van der Waals surface area (Å²) in [5.74, 6) is -0.298. The molecule has 0 aliphatic carbocycles. The summed E-state index contributed by atoms with van der Waals surface area (Å²) in [7, 11) is 0. The summed E-state index contributed by atoms with van der Waals surface area (Å²) in [6, 6.07) is 0.948. The van der Waals surface area contributed by atoms with Crippen molar-refractivity contribution in [2.45, 2.75) is 6.18 Å². The van der Waals surface area contributed by atoms with Crippen molar-refractivity contribution >= 4 is 15.9 Å². The summed E-state index contributed by atoms with van der Waals surface area (Å²) in [4.78, 5) is 7.26. The maximum atomic E-state index is 12.7. The number of rotatable bonds is 1. The molecule has 4 nitrogen and oxygen atoms in total. The van der Waals surface area contributed by atoms with Gasteiger partial charge in [0, 0.05) is 10.7 Å². The fraction of sp³-hybridized carbons (Fsp3) is 0.125. The van der Waals surface area contributed by atoms with E-state index in [1.807, 2.05) is 0 Å². The minimum absolute atomic E-state index is 0.253. The van der Waals surface area contributed by atoms with Gasteiger partial charge in [-0.25, -0.2) is 14.6 Å². The van der Waals surface area contributed by atoms with Crippen LogP contribution in [0.5, 0.6) is 0 Å². The van der Waals surface area contributed by atoms with Crippen molar-refractivity contribution in [3.8, 4) is 5.82 Å². The van der Waals surface area contributed by atoms with Gasteiger partial charge in [0.25, 0.3) is 0 Å². The Morgan fingerprint density at radius 1 is 1.31 bits per heavy atom. The predicted octanol–water partition coefficient (Wildman–Crippen LogP) is 2.44. The molecule has 0 radical (unpaired) electrons. The van der Waals surface area contributed by atoms with E-state index in [0.717, 1.165) is 23.4 Å². The first-order valence-electron chi connectivity index (χ1n) is 4.06. The zero-order valence-electron chi connectivity index (χ0n) is 7.61. The molecule has 2 aromatic rings. The molecule has 0 fully saturated rings. The highest BCUT2D eigenvalue weighted by Gasteiger charge is 2.35. The average Bonchev–Trinajstić information content (AvgIpc) is 2.69. The maximum Gasteiger partial charge on any atom is 0.420 e. The second-order valence-corrected chi connectivity index (χ2v) is 3.78. The van der Waals surface area contributed by atoms with E-state index in [-0.39, 0.29) is 10.3 Å². The fourth-order valence-electron chi connectivity index (χ4n) is 1.14. The highest BCUT2D eigenvalue weighted by molar-refractivity contribution is 9.10. The third-order valence-electron chi connectivity index (χ3n) is 1.77. The van der Waals surface area contributed by atoms with E-state index in [1.165, 1.54) is 6.20 Å².